The highest BCUT2D eigenvalue weighted by Gasteiger charge is 2.39. The third-order valence-electron chi connectivity index (χ3n) is 5.59. The fourth-order valence-corrected chi connectivity index (χ4v) is 3.69. The molecule has 5 nitrogen and oxygen atoms in total. The van der Waals surface area contributed by atoms with E-state index in [1.165, 1.54) is 4.68 Å². The molecule has 1 aromatic heterocycles. The molecular weight excluding hydrogens is 357 g/mol. The van der Waals surface area contributed by atoms with Gasteiger partial charge in [0.15, 0.2) is 5.69 Å². The molecule has 0 spiro atoms. The van der Waals surface area contributed by atoms with Crippen LogP contribution in [0.25, 0.3) is 0 Å². The van der Waals surface area contributed by atoms with Crippen molar-refractivity contribution in [2.24, 2.45) is 5.92 Å². The van der Waals surface area contributed by atoms with Gasteiger partial charge in [0, 0.05) is 24.2 Å². The second-order valence-corrected chi connectivity index (χ2v) is 8.24. The van der Waals surface area contributed by atoms with Crippen LogP contribution < -0.4 is 5.32 Å². The number of piperidine rings is 1. The first-order valence-electron chi connectivity index (χ1n) is 9.84. The quantitative estimate of drug-likeness (QED) is 0.813. The largest absolute Gasteiger partial charge is 0.435 e. The predicted octanol–water partition coefficient (Wildman–Crippen LogP) is 3.58. The maximum Gasteiger partial charge on any atom is 0.435 e. The summed E-state index contributed by atoms with van der Waals surface area (Å²) in [4.78, 5) is 15.0. The Morgan fingerprint density at radius 1 is 1.26 bits per heavy atom. The van der Waals surface area contributed by atoms with Crippen LogP contribution in [-0.4, -0.2) is 46.3 Å². The van der Waals surface area contributed by atoms with E-state index in [9.17, 15) is 18.0 Å². The molecule has 152 valence electrons. The summed E-state index contributed by atoms with van der Waals surface area (Å²) in [6, 6.07) is 0.274. The second kappa shape index (κ2) is 7.81. The molecule has 0 radical (unpaired) electrons. The van der Waals surface area contributed by atoms with Gasteiger partial charge in [-0.1, -0.05) is 6.92 Å². The fourth-order valence-electron chi connectivity index (χ4n) is 3.69. The first-order chi connectivity index (χ1) is 12.6. The lowest BCUT2D eigenvalue weighted by atomic mass is 9.99. The molecule has 2 heterocycles. The molecule has 1 aliphatic heterocycles. The van der Waals surface area contributed by atoms with Crippen LogP contribution in [0.3, 0.4) is 0 Å². The van der Waals surface area contributed by atoms with Crippen molar-refractivity contribution in [2.75, 3.05) is 19.6 Å². The number of alkyl halides is 3. The van der Waals surface area contributed by atoms with Gasteiger partial charge in [-0.25, -0.2) is 0 Å². The van der Waals surface area contributed by atoms with E-state index < -0.39 is 17.9 Å². The monoisotopic (exact) mass is 386 g/mol. The van der Waals surface area contributed by atoms with Gasteiger partial charge in [0.1, 0.15) is 6.04 Å². The van der Waals surface area contributed by atoms with Crippen LogP contribution in [0.15, 0.2) is 6.07 Å². The average molecular weight is 386 g/mol. The van der Waals surface area contributed by atoms with Crippen molar-refractivity contribution in [3.05, 3.63) is 17.5 Å². The van der Waals surface area contributed by atoms with Crippen LogP contribution in [0.4, 0.5) is 13.2 Å². The molecule has 27 heavy (non-hydrogen) atoms. The van der Waals surface area contributed by atoms with E-state index in [1.807, 2.05) is 6.92 Å². The van der Waals surface area contributed by atoms with E-state index in [4.69, 9.17) is 0 Å². The predicted molar refractivity (Wildman–Crippen MR) is 96.4 cm³/mol. The number of nitrogens with zero attached hydrogens (tertiary/aromatic N) is 3. The Balaban J connectivity index is 1.62. The van der Waals surface area contributed by atoms with Crippen LogP contribution in [-0.2, 0) is 11.0 Å². The number of carbonyl (C=O) groups is 1. The molecule has 2 unspecified atom stereocenters. The molecule has 3 rings (SSSR count). The summed E-state index contributed by atoms with van der Waals surface area (Å²) in [5, 5.41) is 6.66. The second-order valence-electron chi connectivity index (χ2n) is 8.24. The van der Waals surface area contributed by atoms with Crippen molar-refractivity contribution >= 4 is 5.91 Å². The van der Waals surface area contributed by atoms with E-state index >= 15 is 0 Å². The molecule has 2 fully saturated rings. The van der Waals surface area contributed by atoms with Crippen molar-refractivity contribution in [1.29, 1.82) is 0 Å². The van der Waals surface area contributed by atoms with Crippen molar-refractivity contribution in [3.8, 4) is 0 Å². The standard InChI is InChI=1S/C19H29F3N4O/c1-12-6-8-25(9-7-12)11-13(2)23-18(27)14(3)26-16(15-4-5-15)10-17(24-26)19(20,21)22/h10,12-15H,4-9,11H2,1-3H3,(H,23,27). The molecule has 1 aliphatic carbocycles. The Hall–Kier alpha value is -1.57. The van der Waals surface area contributed by atoms with Gasteiger partial charge in [-0.05, 0) is 64.6 Å². The van der Waals surface area contributed by atoms with Crippen LogP contribution in [0.2, 0.25) is 0 Å². The molecular formula is C19H29F3N4O. The van der Waals surface area contributed by atoms with Gasteiger partial charge in [0.25, 0.3) is 0 Å². The van der Waals surface area contributed by atoms with Gasteiger partial charge >= 0.3 is 6.18 Å². The Kier molecular flexibility index (Phi) is 5.84. The summed E-state index contributed by atoms with van der Waals surface area (Å²) >= 11 is 0. The Morgan fingerprint density at radius 3 is 2.44 bits per heavy atom. The van der Waals surface area contributed by atoms with Crippen molar-refractivity contribution in [1.82, 2.24) is 20.0 Å². The van der Waals surface area contributed by atoms with E-state index in [-0.39, 0.29) is 17.9 Å². The molecule has 0 aromatic carbocycles. The number of amides is 1. The highest BCUT2D eigenvalue weighted by Crippen LogP contribution is 2.42. The SMILES string of the molecule is CC1CCN(CC(C)NC(=O)C(C)n2nc(C(F)(F)F)cc2C2CC2)CC1. The maximum absolute atomic E-state index is 13.0. The first kappa shape index (κ1) is 20.2. The topological polar surface area (TPSA) is 50.2 Å². The minimum absolute atomic E-state index is 0.0598. The minimum Gasteiger partial charge on any atom is -0.351 e. The van der Waals surface area contributed by atoms with Gasteiger partial charge in [-0.15, -0.1) is 0 Å². The molecule has 0 bridgehead atoms. The van der Waals surface area contributed by atoms with Gasteiger partial charge in [0.2, 0.25) is 5.91 Å². The molecule has 8 heteroatoms. The molecule has 2 atom stereocenters. The Bertz CT molecular complexity index is 660. The summed E-state index contributed by atoms with van der Waals surface area (Å²) < 4.78 is 40.4. The number of likely N-dealkylation sites (tertiary alicyclic amines) is 1. The lowest BCUT2D eigenvalue weighted by Crippen LogP contribution is -2.46. The van der Waals surface area contributed by atoms with E-state index in [0.717, 1.165) is 57.3 Å². The molecule has 2 aliphatic rings. The van der Waals surface area contributed by atoms with Crippen LogP contribution in [0.1, 0.15) is 69.8 Å². The Labute approximate surface area is 158 Å². The van der Waals surface area contributed by atoms with Gasteiger partial charge in [-0.3, -0.25) is 9.48 Å². The number of aromatic nitrogens is 2. The third kappa shape index (κ3) is 5.03. The summed E-state index contributed by atoms with van der Waals surface area (Å²) in [5.74, 6) is 0.540. The normalized spacial score (nSPS) is 21.9. The highest BCUT2D eigenvalue weighted by molar-refractivity contribution is 5.80. The number of hydrogen-bond acceptors (Lipinski definition) is 3. The van der Waals surface area contributed by atoms with Crippen LogP contribution >= 0.6 is 0 Å². The lowest BCUT2D eigenvalue weighted by Gasteiger charge is -2.32. The molecule has 1 saturated heterocycles. The number of hydrogen-bond donors (Lipinski definition) is 1. The molecule has 1 N–H and O–H groups in total. The number of nitrogens with one attached hydrogen (secondary N) is 1. The zero-order valence-electron chi connectivity index (χ0n) is 16.2. The zero-order valence-corrected chi connectivity index (χ0v) is 16.2. The van der Waals surface area contributed by atoms with E-state index in [1.54, 1.807) is 6.92 Å². The summed E-state index contributed by atoms with van der Waals surface area (Å²) in [6.45, 7) is 8.61. The molecule has 1 amide bonds. The van der Waals surface area contributed by atoms with Crippen molar-refractivity contribution < 1.29 is 18.0 Å². The summed E-state index contributed by atoms with van der Waals surface area (Å²) in [7, 11) is 0. The van der Waals surface area contributed by atoms with E-state index in [0.29, 0.717) is 5.69 Å². The minimum atomic E-state index is -4.50. The highest BCUT2D eigenvalue weighted by atomic mass is 19.4. The molecule has 1 saturated carbocycles. The average Bonchev–Trinajstić information content (AvgIpc) is 3.33. The number of halogens is 3. The summed E-state index contributed by atoms with van der Waals surface area (Å²) in [5.41, 5.74) is -0.401. The lowest BCUT2D eigenvalue weighted by molar-refractivity contribution is -0.142. The van der Waals surface area contributed by atoms with Crippen molar-refractivity contribution in [2.45, 2.75) is 70.6 Å². The smallest absolute Gasteiger partial charge is 0.351 e. The number of carbonyl (C=O) groups excluding carboxylic acids is 1. The third-order valence-corrected chi connectivity index (χ3v) is 5.59. The van der Waals surface area contributed by atoms with Crippen LogP contribution in [0, 0.1) is 5.92 Å². The number of rotatable bonds is 6. The molecule has 1 aromatic rings. The van der Waals surface area contributed by atoms with Gasteiger partial charge < -0.3 is 10.2 Å². The van der Waals surface area contributed by atoms with E-state index in [2.05, 4.69) is 22.2 Å². The van der Waals surface area contributed by atoms with Crippen LogP contribution in [0.5, 0.6) is 0 Å². The van der Waals surface area contributed by atoms with Gasteiger partial charge in [0.05, 0.1) is 0 Å². The fraction of sp³-hybridized carbons (Fsp3) is 0.789. The summed E-state index contributed by atoms with van der Waals surface area (Å²) in [6.07, 6.45) is -0.476. The van der Waals surface area contributed by atoms with Gasteiger partial charge in [-0.2, -0.15) is 18.3 Å². The zero-order chi connectivity index (χ0) is 19.8. The maximum atomic E-state index is 13.0. The first-order valence-corrected chi connectivity index (χ1v) is 9.84. The Morgan fingerprint density at radius 2 is 1.89 bits per heavy atom. The van der Waals surface area contributed by atoms with Crippen molar-refractivity contribution in [3.63, 3.8) is 0 Å².